The van der Waals surface area contributed by atoms with Crippen LogP contribution < -0.4 is 8.92 Å². The van der Waals surface area contributed by atoms with Crippen molar-refractivity contribution < 1.29 is 21.8 Å². The van der Waals surface area contributed by atoms with Crippen molar-refractivity contribution in [1.82, 2.24) is 10.2 Å². The minimum atomic E-state index is -3.95. The topological polar surface area (TPSA) is 91.5 Å². The highest BCUT2D eigenvalue weighted by Crippen LogP contribution is 2.25. The van der Waals surface area contributed by atoms with E-state index in [1.54, 1.807) is 24.3 Å². The molecule has 3 rings (SSSR count). The van der Waals surface area contributed by atoms with Crippen LogP contribution in [0.15, 0.2) is 64.2 Å². The second-order valence-corrected chi connectivity index (χ2v) is 6.03. The fourth-order valence-corrected chi connectivity index (χ4v) is 2.82. The van der Waals surface area contributed by atoms with Gasteiger partial charge in [-0.3, -0.25) is 0 Å². The molecular weight excluding hydrogens is 320 g/mol. The van der Waals surface area contributed by atoms with E-state index in [9.17, 15) is 8.42 Å². The number of aromatic nitrogens is 2. The van der Waals surface area contributed by atoms with Crippen molar-refractivity contribution in [2.75, 3.05) is 7.11 Å². The van der Waals surface area contributed by atoms with Crippen LogP contribution in [0.4, 0.5) is 0 Å². The minimum Gasteiger partial charge on any atom is -0.497 e. The Morgan fingerprint density at radius 1 is 1.04 bits per heavy atom. The standard InChI is InChI=1S/C15H12N2O5S/c1-20-12-5-7-14(8-6-12)23(18,19)22-13-4-2-3-11(9-13)15-17-16-10-21-15/h2-10H,1H3. The molecule has 0 N–H and O–H groups in total. The molecule has 0 aliphatic carbocycles. The van der Waals surface area contributed by atoms with E-state index in [0.29, 0.717) is 11.3 Å². The summed E-state index contributed by atoms with van der Waals surface area (Å²) >= 11 is 0. The molecule has 0 radical (unpaired) electrons. The monoisotopic (exact) mass is 332 g/mol. The molecule has 8 heteroatoms. The second-order valence-electron chi connectivity index (χ2n) is 4.48. The Bertz CT molecular complexity index is 890. The maximum Gasteiger partial charge on any atom is 0.339 e. The first-order valence-corrected chi connectivity index (χ1v) is 7.94. The summed E-state index contributed by atoms with van der Waals surface area (Å²) in [6, 6.07) is 12.3. The maximum absolute atomic E-state index is 12.3. The largest absolute Gasteiger partial charge is 0.497 e. The highest BCUT2D eigenvalue weighted by molar-refractivity contribution is 7.87. The van der Waals surface area contributed by atoms with Crippen molar-refractivity contribution in [3.63, 3.8) is 0 Å². The van der Waals surface area contributed by atoms with E-state index in [4.69, 9.17) is 13.3 Å². The number of rotatable bonds is 5. The lowest BCUT2D eigenvalue weighted by atomic mass is 10.2. The van der Waals surface area contributed by atoms with Gasteiger partial charge in [0.25, 0.3) is 0 Å². The molecule has 0 spiro atoms. The number of hydrogen-bond acceptors (Lipinski definition) is 7. The molecule has 1 heterocycles. The zero-order valence-corrected chi connectivity index (χ0v) is 12.9. The van der Waals surface area contributed by atoms with Crippen molar-refractivity contribution in [2.45, 2.75) is 4.90 Å². The van der Waals surface area contributed by atoms with Gasteiger partial charge in [-0.1, -0.05) is 6.07 Å². The molecule has 2 aromatic carbocycles. The van der Waals surface area contributed by atoms with Gasteiger partial charge in [0.15, 0.2) is 0 Å². The lowest BCUT2D eigenvalue weighted by Gasteiger charge is -2.08. The number of ether oxygens (including phenoxy) is 1. The van der Waals surface area contributed by atoms with Crippen molar-refractivity contribution in [1.29, 1.82) is 0 Å². The van der Waals surface area contributed by atoms with E-state index in [1.807, 2.05) is 0 Å². The summed E-state index contributed by atoms with van der Waals surface area (Å²) in [6.07, 6.45) is 1.19. The van der Waals surface area contributed by atoms with Crippen molar-refractivity contribution in [3.05, 3.63) is 54.9 Å². The molecule has 0 unspecified atom stereocenters. The van der Waals surface area contributed by atoms with Gasteiger partial charge < -0.3 is 13.3 Å². The average molecular weight is 332 g/mol. The van der Waals surface area contributed by atoms with E-state index in [2.05, 4.69) is 10.2 Å². The highest BCUT2D eigenvalue weighted by atomic mass is 32.2. The number of methoxy groups -OCH3 is 1. The van der Waals surface area contributed by atoms with E-state index in [-0.39, 0.29) is 16.5 Å². The molecule has 0 aliphatic rings. The van der Waals surface area contributed by atoms with Gasteiger partial charge in [-0.15, -0.1) is 10.2 Å². The van der Waals surface area contributed by atoms with Crippen LogP contribution in [-0.2, 0) is 10.1 Å². The van der Waals surface area contributed by atoms with Gasteiger partial charge in [-0.05, 0) is 42.5 Å². The van der Waals surface area contributed by atoms with Crippen LogP contribution in [0.3, 0.4) is 0 Å². The molecule has 0 atom stereocenters. The predicted octanol–water partition coefficient (Wildman–Crippen LogP) is 2.51. The summed E-state index contributed by atoms with van der Waals surface area (Å²) in [7, 11) is -2.44. The van der Waals surface area contributed by atoms with Crippen molar-refractivity contribution in [2.24, 2.45) is 0 Å². The van der Waals surface area contributed by atoms with E-state index in [1.165, 1.54) is 37.8 Å². The molecule has 0 saturated carbocycles. The Morgan fingerprint density at radius 3 is 2.48 bits per heavy atom. The van der Waals surface area contributed by atoms with Crippen molar-refractivity contribution >= 4 is 10.1 Å². The summed E-state index contributed by atoms with van der Waals surface area (Å²) in [5, 5.41) is 7.34. The van der Waals surface area contributed by atoms with Gasteiger partial charge in [0.05, 0.1) is 7.11 Å². The quantitative estimate of drug-likeness (QED) is 0.663. The Balaban J connectivity index is 1.87. The molecule has 3 aromatic rings. The fraction of sp³-hybridized carbons (Fsp3) is 0.0667. The van der Waals surface area contributed by atoms with E-state index < -0.39 is 10.1 Å². The first-order chi connectivity index (χ1) is 11.1. The third-order valence-corrected chi connectivity index (χ3v) is 4.26. The molecule has 0 saturated heterocycles. The van der Waals surface area contributed by atoms with Gasteiger partial charge in [0.1, 0.15) is 16.4 Å². The Labute approximate surface area is 132 Å². The summed E-state index contributed by atoms with van der Waals surface area (Å²) < 4.78 is 39.8. The molecule has 0 bridgehead atoms. The zero-order valence-electron chi connectivity index (χ0n) is 12.0. The van der Waals surface area contributed by atoms with Gasteiger partial charge >= 0.3 is 10.1 Å². The third kappa shape index (κ3) is 3.32. The minimum absolute atomic E-state index is 0.0292. The SMILES string of the molecule is COc1ccc(S(=O)(=O)Oc2cccc(-c3nnco3)c2)cc1. The molecule has 0 amide bonds. The van der Waals surface area contributed by atoms with Crippen LogP contribution in [0.5, 0.6) is 11.5 Å². The van der Waals surface area contributed by atoms with Crippen molar-refractivity contribution in [3.8, 4) is 23.0 Å². The third-order valence-electron chi connectivity index (χ3n) is 3.00. The molecule has 0 aliphatic heterocycles. The molecule has 0 fully saturated rings. The molecular formula is C15H12N2O5S. The molecule has 23 heavy (non-hydrogen) atoms. The normalized spacial score (nSPS) is 11.2. The van der Waals surface area contributed by atoms with E-state index in [0.717, 1.165) is 0 Å². The second kappa shape index (κ2) is 6.09. The number of nitrogens with zero attached hydrogens (tertiary/aromatic N) is 2. The lowest BCUT2D eigenvalue weighted by Crippen LogP contribution is -2.09. The zero-order chi connectivity index (χ0) is 16.3. The van der Waals surface area contributed by atoms with Crippen LogP contribution >= 0.6 is 0 Å². The van der Waals surface area contributed by atoms with Crippen LogP contribution in [0, 0.1) is 0 Å². The predicted molar refractivity (Wildman–Crippen MR) is 80.5 cm³/mol. The number of benzene rings is 2. The van der Waals surface area contributed by atoms with Crippen LogP contribution in [0.2, 0.25) is 0 Å². The smallest absolute Gasteiger partial charge is 0.339 e. The average Bonchev–Trinajstić information content (AvgIpc) is 3.09. The summed E-state index contributed by atoms with van der Waals surface area (Å²) in [5.74, 6) is 0.983. The Morgan fingerprint density at radius 2 is 1.83 bits per heavy atom. The van der Waals surface area contributed by atoms with Gasteiger partial charge in [-0.25, -0.2) is 0 Å². The molecule has 7 nitrogen and oxygen atoms in total. The lowest BCUT2D eigenvalue weighted by molar-refractivity contribution is 0.414. The maximum atomic E-state index is 12.3. The Hall–Kier alpha value is -2.87. The summed E-state index contributed by atoms with van der Waals surface area (Å²) in [6.45, 7) is 0. The first-order valence-electron chi connectivity index (χ1n) is 6.53. The first kappa shape index (κ1) is 15.0. The highest BCUT2D eigenvalue weighted by Gasteiger charge is 2.17. The molecule has 118 valence electrons. The molecule has 1 aromatic heterocycles. The van der Waals surface area contributed by atoms with Crippen LogP contribution in [-0.4, -0.2) is 25.7 Å². The van der Waals surface area contributed by atoms with Gasteiger partial charge in [-0.2, -0.15) is 8.42 Å². The van der Waals surface area contributed by atoms with Crippen LogP contribution in [0.1, 0.15) is 0 Å². The summed E-state index contributed by atoms with van der Waals surface area (Å²) in [5.41, 5.74) is 0.560. The fourth-order valence-electron chi connectivity index (χ4n) is 1.90. The van der Waals surface area contributed by atoms with Gasteiger partial charge in [0, 0.05) is 5.56 Å². The van der Waals surface area contributed by atoms with E-state index >= 15 is 0 Å². The Kier molecular flexibility index (Phi) is 3.98. The van der Waals surface area contributed by atoms with Crippen LogP contribution in [0.25, 0.3) is 11.5 Å². The van der Waals surface area contributed by atoms with Gasteiger partial charge in [0.2, 0.25) is 12.3 Å². The number of hydrogen-bond donors (Lipinski definition) is 0. The summed E-state index contributed by atoms with van der Waals surface area (Å²) in [4.78, 5) is 0.0292.